The first-order chi connectivity index (χ1) is 8.22. The van der Waals surface area contributed by atoms with Crippen LogP contribution in [-0.4, -0.2) is 42.5 Å². The van der Waals surface area contributed by atoms with E-state index in [4.69, 9.17) is 11.6 Å². The van der Waals surface area contributed by atoms with Gasteiger partial charge in [-0.25, -0.2) is 0 Å². The fourth-order valence-corrected chi connectivity index (χ4v) is 2.29. The lowest BCUT2D eigenvalue weighted by Gasteiger charge is -2.24. The van der Waals surface area contributed by atoms with Crippen LogP contribution in [-0.2, 0) is 4.79 Å². The average molecular weight is 254 g/mol. The normalized spacial score (nSPS) is 16.8. The summed E-state index contributed by atoms with van der Waals surface area (Å²) in [6, 6.07) is 1.94. The van der Waals surface area contributed by atoms with Crippen LogP contribution in [0.15, 0.2) is 12.3 Å². The van der Waals surface area contributed by atoms with Gasteiger partial charge in [0.05, 0.1) is 16.4 Å². The Kier molecular flexibility index (Phi) is 3.84. The topological polar surface area (TPSA) is 36.4 Å². The van der Waals surface area contributed by atoms with Gasteiger partial charge in [-0.3, -0.25) is 9.78 Å². The van der Waals surface area contributed by atoms with Crippen molar-refractivity contribution >= 4 is 23.7 Å². The molecule has 1 aromatic heterocycles. The number of carbonyl (C=O) groups excluding carboxylic acids is 1. The summed E-state index contributed by atoms with van der Waals surface area (Å²) < 4.78 is 0. The molecule has 1 aromatic rings. The van der Waals surface area contributed by atoms with Gasteiger partial charge in [-0.1, -0.05) is 11.6 Å². The maximum atomic E-state index is 10.7. The van der Waals surface area contributed by atoms with E-state index < -0.39 is 0 Å². The Hall–Kier alpha value is -1.29. The largest absolute Gasteiger partial charge is 0.368 e. The third-order valence-electron chi connectivity index (χ3n) is 3.06. The molecule has 0 N–H and O–H groups in total. The standard InChI is InChI=1S/C12H16ClN3O/c1-10-12(13)11(3-4-14-10)16-6-2-5-15(9-17)7-8-16/h3-4,9H,2,5-8H2,1H3. The van der Waals surface area contributed by atoms with Gasteiger partial charge < -0.3 is 9.80 Å². The Morgan fingerprint density at radius 3 is 2.94 bits per heavy atom. The SMILES string of the molecule is Cc1nccc(N2CCCN(C=O)CC2)c1Cl. The molecule has 0 atom stereocenters. The van der Waals surface area contributed by atoms with Crippen molar-refractivity contribution in [2.75, 3.05) is 31.1 Å². The first-order valence-corrected chi connectivity index (χ1v) is 6.15. The Bertz CT molecular complexity index is 411. The van der Waals surface area contributed by atoms with Crippen LogP contribution in [0.2, 0.25) is 5.02 Å². The zero-order chi connectivity index (χ0) is 12.3. The molecule has 1 amide bonds. The smallest absolute Gasteiger partial charge is 0.209 e. The van der Waals surface area contributed by atoms with Crippen molar-refractivity contribution in [2.45, 2.75) is 13.3 Å². The molecule has 2 heterocycles. The highest BCUT2D eigenvalue weighted by atomic mass is 35.5. The maximum Gasteiger partial charge on any atom is 0.209 e. The van der Waals surface area contributed by atoms with Gasteiger partial charge in [0.15, 0.2) is 0 Å². The van der Waals surface area contributed by atoms with E-state index in [1.165, 1.54) is 0 Å². The van der Waals surface area contributed by atoms with E-state index in [0.29, 0.717) is 5.02 Å². The van der Waals surface area contributed by atoms with E-state index in [2.05, 4.69) is 9.88 Å². The number of carbonyl (C=O) groups is 1. The first-order valence-electron chi connectivity index (χ1n) is 5.78. The van der Waals surface area contributed by atoms with Crippen LogP contribution in [0.5, 0.6) is 0 Å². The monoisotopic (exact) mass is 253 g/mol. The zero-order valence-corrected chi connectivity index (χ0v) is 10.7. The van der Waals surface area contributed by atoms with E-state index in [1.807, 2.05) is 17.9 Å². The predicted molar refractivity (Wildman–Crippen MR) is 68.5 cm³/mol. The number of nitrogens with zero attached hydrogens (tertiary/aromatic N) is 3. The molecule has 2 rings (SSSR count). The minimum atomic E-state index is 0.715. The molecule has 5 heteroatoms. The van der Waals surface area contributed by atoms with E-state index in [0.717, 1.165) is 50.4 Å². The van der Waals surface area contributed by atoms with Gasteiger partial charge in [0, 0.05) is 32.4 Å². The Balaban J connectivity index is 2.17. The van der Waals surface area contributed by atoms with Crippen LogP contribution in [0.1, 0.15) is 12.1 Å². The molecule has 1 saturated heterocycles. The second kappa shape index (κ2) is 5.36. The van der Waals surface area contributed by atoms with Crippen molar-refractivity contribution in [3.63, 3.8) is 0 Å². The second-order valence-corrected chi connectivity index (χ2v) is 4.59. The van der Waals surface area contributed by atoms with Crippen molar-refractivity contribution in [3.05, 3.63) is 23.0 Å². The van der Waals surface area contributed by atoms with Gasteiger partial charge in [0.1, 0.15) is 0 Å². The van der Waals surface area contributed by atoms with Crippen molar-refractivity contribution in [1.82, 2.24) is 9.88 Å². The van der Waals surface area contributed by atoms with Gasteiger partial charge in [0.2, 0.25) is 6.41 Å². The molecular formula is C12H16ClN3O. The summed E-state index contributed by atoms with van der Waals surface area (Å²) >= 11 is 6.26. The van der Waals surface area contributed by atoms with E-state index in [9.17, 15) is 4.79 Å². The van der Waals surface area contributed by atoms with Gasteiger partial charge in [-0.15, -0.1) is 0 Å². The molecule has 0 spiro atoms. The molecule has 0 unspecified atom stereocenters. The number of aryl methyl sites for hydroxylation is 1. The second-order valence-electron chi connectivity index (χ2n) is 4.21. The van der Waals surface area contributed by atoms with E-state index >= 15 is 0 Å². The Morgan fingerprint density at radius 2 is 2.18 bits per heavy atom. The van der Waals surface area contributed by atoms with Crippen LogP contribution < -0.4 is 4.90 Å². The minimum Gasteiger partial charge on any atom is -0.368 e. The summed E-state index contributed by atoms with van der Waals surface area (Å²) in [6.07, 6.45) is 3.66. The van der Waals surface area contributed by atoms with Gasteiger partial charge >= 0.3 is 0 Å². The fraction of sp³-hybridized carbons (Fsp3) is 0.500. The highest BCUT2D eigenvalue weighted by molar-refractivity contribution is 6.33. The number of rotatable bonds is 2. The van der Waals surface area contributed by atoms with Crippen LogP contribution >= 0.6 is 11.6 Å². The molecule has 0 bridgehead atoms. The third-order valence-corrected chi connectivity index (χ3v) is 3.53. The predicted octanol–water partition coefficient (Wildman–Crippen LogP) is 1.71. The maximum absolute atomic E-state index is 10.7. The minimum absolute atomic E-state index is 0.715. The summed E-state index contributed by atoms with van der Waals surface area (Å²) in [7, 11) is 0. The number of halogens is 1. The number of hydrogen-bond acceptors (Lipinski definition) is 3. The number of pyridine rings is 1. The van der Waals surface area contributed by atoms with Gasteiger partial charge in [0.25, 0.3) is 0 Å². The molecule has 0 aromatic carbocycles. The molecule has 0 aliphatic carbocycles. The quantitative estimate of drug-likeness (QED) is 0.753. The summed E-state index contributed by atoms with van der Waals surface area (Å²) in [6.45, 7) is 5.22. The molecule has 92 valence electrons. The molecular weight excluding hydrogens is 238 g/mol. The summed E-state index contributed by atoms with van der Waals surface area (Å²) in [5.41, 5.74) is 1.87. The molecule has 17 heavy (non-hydrogen) atoms. The summed E-state index contributed by atoms with van der Waals surface area (Å²) in [5.74, 6) is 0. The average Bonchev–Trinajstić information content (AvgIpc) is 2.58. The van der Waals surface area contributed by atoms with Crippen molar-refractivity contribution in [1.29, 1.82) is 0 Å². The lowest BCUT2D eigenvalue weighted by Crippen LogP contribution is -2.30. The summed E-state index contributed by atoms with van der Waals surface area (Å²) in [5, 5.41) is 0.715. The lowest BCUT2D eigenvalue weighted by molar-refractivity contribution is -0.117. The summed E-state index contributed by atoms with van der Waals surface area (Å²) in [4.78, 5) is 18.9. The lowest BCUT2D eigenvalue weighted by atomic mass is 10.3. The van der Waals surface area contributed by atoms with E-state index in [1.54, 1.807) is 6.20 Å². The highest BCUT2D eigenvalue weighted by Crippen LogP contribution is 2.27. The Morgan fingerprint density at radius 1 is 1.35 bits per heavy atom. The number of hydrogen-bond donors (Lipinski definition) is 0. The number of amides is 1. The molecule has 4 nitrogen and oxygen atoms in total. The molecule has 1 aliphatic heterocycles. The third kappa shape index (κ3) is 2.69. The Labute approximate surface area is 106 Å². The van der Waals surface area contributed by atoms with Crippen molar-refractivity contribution < 1.29 is 4.79 Å². The highest BCUT2D eigenvalue weighted by Gasteiger charge is 2.16. The van der Waals surface area contributed by atoms with Gasteiger partial charge in [-0.2, -0.15) is 0 Å². The first kappa shape index (κ1) is 12.2. The van der Waals surface area contributed by atoms with Crippen LogP contribution in [0.25, 0.3) is 0 Å². The van der Waals surface area contributed by atoms with E-state index in [-0.39, 0.29) is 0 Å². The van der Waals surface area contributed by atoms with Crippen LogP contribution in [0.4, 0.5) is 5.69 Å². The fourth-order valence-electron chi connectivity index (χ4n) is 2.06. The van der Waals surface area contributed by atoms with Crippen molar-refractivity contribution in [2.24, 2.45) is 0 Å². The molecule has 1 aliphatic rings. The van der Waals surface area contributed by atoms with Crippen molar-refractivity contribution in [3.8, 4) is 0 Å². The zero-order valence-electron chi connectivity index (χ0n) is 9.90. The molecule has 0 saturated carbocycles. The van der Waals surface area contributed by atoms with Crippen LogP contribution in [0, 0.1) is 6.92 Å². The molecule has 0 radical (unpaired) electrons. The van der Waals surface area contributed by atoms with Gasteiger partial charge in [-0.05, 0) is 19.4 Å². The number of aromatic nitrogens is 1. The van der Waals surface area contributed by atoms with Crippen LogP contribution in [0.3, 0.4) is 0 Å². The molecule has 1 fully saturated rings. The number of anilines is 1.